The second-order valence-electron chi connectivity index (χ2n) is 7.11. The number of hydrogen-bond acceptors (Lipinski definition) is 8. The van der Waals surface area contributed by atoms with Gasteiger partial charge in [0.15, 0.2) is 16.7 Å². The second-order valence-corrected chi connectivity index (χ2v) is 8.55. The van der Waals surface area contributed by atoms with Gasteiger partial charge in [-0.1, -0.05) is 35.1 Å². The van der Waals surface area contributed by atoms with Gasteiger partial charge in [-0.05, 0) is 35.9 Å². The molecule has 0 saturated heterocycles. The zero-order valence-electron chi connectivity index (χ0n) is 16.5. The number of halogens is 1. The predicted molar refractivity (Wildman–Crippen MR) is 121 cm³/mol. The summed E-state index contributed by atoms with van der Waals surface area (Å²) >= 11 is 7.20. The molecule has 0 saturated carbocycles. The first-order chi connectivity index (χ1) is 15.8. The van der Waals surface area contributed by atoms with E-state index in [1.807, 2.05) is 0 Å². The lowest BCUT2D eigenvalue weighted by Gasteiger charge is -2.24. The Hall–Kier alpha value is -4.02. The molecule has 9 nitrogen and oxygen atoms in total. The van der Waals surface area contributed by atoms with Crippen LogP contribution in [0.4, 0.5) is 10.8 Å². The molecule has 0 aliphatic carbocycles. The first-order valence-electron chi connectivity index (χ1n) is 9.50. The van der Waals surface area contributed by atoms with Crippen molar-refractivity contribution in [3.8, 4) is 0 Å². The van der Waals surface area contributed by atoms with Crippen LogP contribution in [-0.2, 0) is 4.79 Å². The molecule has 1 atom stereocenters. The Kier molecular flexibility index (Phi) is 4.95. The summed E-state index contributed by atoms with van der Waals surface area (Å²) < 4.78 is 5.87. The van der Waals surface area contributed by atoms with E-state index < -0.39 is 28.4 Å². The molecule has 1 amide bonds. The van der Waals surface area contributed by atoms with Gasteiger partial charge in [-0.3, -0.25) is 24.6 Å². The van der Waals surface area contributed by atoms with E-state index >= 15 is 0 Å². The number of benzene rings is 2. The smallest absolute Gasteiger partial charge is 0.296 e. The van der Waals surface area contributed by atoms with Gasteiger partial charge < -0.3 is 9.52 Å². The average molecular weight is 482 g/mol. The number of non-ortho nitro benzene ring substituents is 1. The molecule has 2 aromatic heterocycles. The fraction of sp³-hybridized carbons (Fsp3) is 0.0455. The Morgan fingerprint density at radius 2 is 2.03 bits per heavy atom. The Labute approximate surface area is 194 Å². The first-order valence-corrected chi connectivity index (χ1v) is 10.7. The highest BCUT2D eigenvalue weighted by Crippen LogP contribution is 2.44. The highest BCUT2D eigenvalue weighted by Gasteiger charge is 2.46. The molecule has 5 rings (SSSR count). The van der Waals surface area contributed by atoms with Crippen molar-refractivity contribution in [2.75, 3.05) is 4.90 Å². The Bertz CT molecular complexity index is 1480. The van der Waals surface area contributed by atoms with Crippen molar-refractivity contribution in [2.45, 2.75) is 6.04 Å². The van der Waals surface area contributed by atoms with E-state index in [9.17, 15) is 24.8 Å². The van der Waals surface area contributed by atoms with Crippen LogP contribution in [0.15, 0.2) is 76.6 Å². The summed E-state index contributed by atoms with van der Waals surface area (Å²) in [6, 6.07) is 12.3. The first kappa shape index (κ1) is 20.9. The zero-order valence-corrected chi connectivity index (χ0v) is 18.0. The number of aromatic nitrogens is 1. The number of rotatable bonds is 5. The van der Waals surface area contributed by atoms with Gasteiger partial charge in [-0.2, -0.15) is 0 Å². The third-order valence-corrected chi connectivity index (χ3v) is 6.39. The summed E-state index contributed by atoms with van der Waals surface area (Å²) in [5, 5.41) is 22.8. The molecule has 1 unspecified atom stereocenters. The van der Waals surface area contributed by atoms with E-state index in [1.165, 1.54) is 42.7 Å². The van der Waals surface area contributed by atoms with Gasteiger partial charge in [0.25, 0.3) is 11.6 Å². The van der Waals surface area contributed by atoms with Gasteiger partial charge in [-0.15, -0.1) is 0 Å². The molecule has 0 radical (unpaired) electrons. The summed E-state index contributed by atoms with van der Waals surface area (Å²) in [5.74, 6) is -2.43. The highest BCUT2D eigenvalue weighted by atomic mass is 35.5. The fourth-order valence-corrected chi connectivity index (χ4v) is 4.96. The minimum Gasteiger partial charge on any atom is -0.503 e. The van der Waals surface area contributed by atoms with Crippen LogP contribution in [0, 0.1) is 10.1 Å². The number of anilines is 1. The van der Waals surface area contributed by atoms with Crippen LogP contribution in [0.25, 0.3) is 10.2 Å². The monoisotopic (exact) mass is 481 g/mol. The fourth-order valence-electron chi connectivity index (χ4n) is 3.69. The Morgan fingerprint density at radius 1 is 1.21 bits per heavy atom. The summed E-state index contributed by atoms with van der Waals surface area (Å²) in [6.07, 6.45) is 1.29. The van der Waals surface area contributed by atoms with Crippen LogP contribution in [0.2, 0.25) is 5.02 Å². The van der Waals surface area contributed by atoms with Crippen LogP contribution in [0.1, 0.15) is 22.2 Å². The maximum atomic E-state index is 13.2. The second kappa shape index (κ2) is 7.84. The standard InChI is InChI=1S/C22H12ClN3O6S/c23-12-6-7-14-16(10-12)33-22(24-14)25-18(11-3-1-4-13(9-11)26(30)31)17(20(28)21(25)29)19(27)15-5-2-8-32-15/h1-10,18,28H. The quantitative estimate of drug-likeness (QED) is 0.235. The molecular weight excluding hydrogens is 470 g/mol. The van der Waals surface area contributed by atoms with Crippen LogP contribution in [-0.4, -0.2) is 26.7 Å². The lowest BCUT2D eigenvalue weighted by Crippen LogP contribution is -2.31. The highest BCUT2D eigenvalue weighted by molar-refractivity contribution is 7.22. The Morgan fingerprint density at radius 3 is 2.76 bits per heavy atom. The molecule has 11 heteroatoms. The molecule has 0 bridgehead atoms. The van der Waals surface area contributed by atoms with Gasteiger partial charge in [0.05, 0.1) is 33.0 Å². The van der Waals surface area contributed by atoms with Crippen molar-refractivity contribution in [1.82, 2.24) is 4.98 Å². The summed E-state index contributed by atoms with van der Waals surface area (Å²) in [5.41, 5.74) is 0.337. The van der Waals surface area contributed by atoms with Crippen molar-refractivity contribution >= 4 is 55.7 Å². The number of furan rings is 1. The van der Waals surface area contributed by atoms with Crippen LogP contribution < -0.4 is 4.90 Å². The largest absolute Gasteiger partial charge is 0.503 e. The van der Waals surface area contributed by atoms with Crippen LogP contribution in [0.5, 0.6) is 0 Å². The number of carbonyl (C=O) groups is 2. The number of aliphatic hydroxyl groups is 1. The zero-order chi connectivity index (χ0) is 23.3. The Balaban J connectivity index is 1.70. The number of nitrogens with zero attached hydrogens (tertiary/aromatic N) is 3. The predicted octanol–water partition coefficient (Wildman–Crippen LogP) is 5.23. The molecule has 1 aliphatic rings. The lowest BCUT2D eigenvalue weighted by molar-refractivity contribution is -0.384. The van der Waals surface area contributed by atoms with Crippen LogP contribution in [0.3, 0.4) is 0 Å². The van der Waals surface area contributed by atoms with Crippen molar-refractivity contribution < 1.29 is 24.0 Å². The van der Waals surface area contributed by atoms with Crippen LogP contribution >= 0.6 is 22.9 Å². The number of carbonyl (C=O) groups excluding carboxylic acids is 2. The summed E-state index contributed by atoms with van der Waals surface area (Å²) in [7, 11) is 0. The molecule has 164 valence electrons. The van der Waals surface area contributed by atoms with E-state index in [4.69, 9.17) is 16.0 Å². The van der Waals surface area contributed by atoms with Gasteiger partial charge in [0.1, 0.15) is 0 Å². The number of aliphatic hydroxyl groups excluding tert-OH is 1. The summed E-state index contributed by atoms with van der Waals surface area (Å²) in [4.78, 5) is 42.8. The third-order valence-electron chi connectivity index (χ3n) is 5.14. The molecular formula is C22H12ClN3O6S. The lowest BCUT2D eigenvalue weighted by atomic mass is 9.95. The maximum Gasteiger partial charge on any atom is 0.296 e. The average Bonchev–Trinajstić information content (AvgIpc) is 3.52. The number of hydrogen-bond donors (Lipinski definition) is 1. The van der Waals surface area contributed by atoms with Crippen molar-refractivity contribution in [2.24, 2.45) is 0 Å². The van der Waals surface area contributed by atoms with Gasteiger partial charge in [0, 0.05) is 17.2 Å². The minimum absolute atomic E-state index is 0.0855. The number of fused-ring (bicyclic) bond motifs is 1. The molecule has 33 heavy (non-hydrogen) atoms. The number of nitro benzene ring substituents is 1. The maximum absolute atomic E-state index is 13.2. The number of nitro groups is 1. The summed E-state index contributed by atoms with van der Waals surface area (Å²) in [6.45, 7) is 0. The van der Waals surface area contributed by atoms with Crippen molar-refractivity contribution in [3.63, 3.8) is 0 Å². The van der Waals surface area contributed by atoms with Gasteiger partial charge in [-0.25, -0.2) is 4.98 Å². The molecule has 1 N–H and O–H groups in total. The SMILES string of the molecule is O=C(C1=C(O)C(=O)N(c2nc3ccc(Cl)cc3s2)C1c1cccc([N+](=O)[O-])c1)c1ccco1. The topological polar surface area (TPSA) is 127 Å². The molecule has 2 aromatic carbocycles. The number of ketones is 1. The van der Waals surface area contributed by atoms with E-state index in [0.29, 0.717) is 15.2 Å². The van der Waals surface area contributed by atoms with E-state index in [0.717, 1.165) is 16.2 Å². The van der Waals surface area contributed by atoms with E-state index in [-0.39, 0.29) is 27.7 Å². The van der Waals surface area contributed by atoms with Crippen molar-refractivity contribution in [1.29, 1.82) is 0 Å². The molecule has 0 fully saturated rings. The normalized spacial score (nSPS) is 16.1. The minimum atomic E-state index is -1.16. The molecule has 0 spiro atoms. The van der Waals surface area contributed by atoms with E-state index in [2.05, 4.69) is 4.98 Å². The molecule has 3 heterocycles. The van der Waals surface area contributed by atoms with E-state index in [1.54, 1.807) is 18.2 Å². The van der Waals surface area contributed by atoms with Crippen molar-refractivity contribution in [3.05, 3.63) is 98.7 Å². The third kappa shape index (κ3) is 3.45. The number of thiazole rings is 1. The van der Waals surface area contributed by atoms with Gasteiger partial charge in [0.2, 0.25) is 5.78 Å². The number of amides is 1. The number of Topliss-reactive ketones (excluding diaryl/α,β-unsaturated/α-hetero) is 1. The van der Waals surface area contributed by atoms with Gasteiger partial charge >= 0.3 is 0 Å². The molecule has 1 aliphatic heterocycles. The molecule has 4 aromatic rings.